The minimum Gasteiger partial charge on any atom is -0.245 e. The summed E-state index contributed by atoms with van der Waals surface area (Å²) in [5.74, 6) is 0. The van der Waals surface area contributed by atoms with Gasteiger partial charge in [0.05, 0.1) is 12.2 Å². The van der Waals surface area contributed by atoms with Crippen LogP contribution in [0.1, 0.15) is 24.1 Å². The Hall–Kier alpha value is -1.64. The number of nitrogens with zero attached hydrogens (tertiary/aromatic N) is 3. The van der Waals surface area contributed by atoms with E-state index in [4.69, 9.17) is 0 Å². The maximum atomic E-state index is 4.00. The highest BCUT2D eigenvalue weighted by atomic mass is 15.4. The molecule has 0 aliphatic rings. The number of aryl methyl sites for hydroxylation is 1. The molecule has 1 aromatic heterocycles. The second-order valence-corrected chi connectivity index (χ2v) is 3.42. The van der Waals surface area contributed by atoms with Crippen LogP contribution in [0.15, 0.2) is 36.7 Å². The fraction of sp³-hybridized carbons (Fsp3) is 0.273. The largest absolute Gasteiger partial charge is 0.245 e. The zero-order valence-electron chi connectivity index (χ0n) is 8.38. The smallest absolute Gasteiger partial charge is 0.0760 e. The van der Waals surface area contributed by atoms with E-state index in [0.29, 0.717) is 0 Å². The summed E-state index contributed by atoms with van der Waals surface area (Å²) in [6.45, 7) is 4.24. The summed E-state index contributed by atoms with van der Waals surface area (Å²) in [5.41, 5.74) is 2.58. The van der Waals surface area contributed by atoms with Gasteiger partial charge in [0.25, 0.3) is 0 Å². The van der Waals surface area contributed by atoms with Crippen molar-refractivity contribution < 1.29 is 0 Å². The molecule has 72 valence electrons. The molecule has 1 aromatic carbocycles. The lowest BCUT2D eigenvalue weighted by Gasteiger charge is -2.13. The topological polar surface area (TPSA) is 30.7 Å². The molecule has 1 heterocycles. The van der Waals surface area contributed by atoms with E-state index in [0.717, 1.165) is 0 Å². The molecule has 0 bridgehead atoms. The molecule has 0 aliphatic carbocycles. The number of rotatable bonds is 2. The van der Waals surface area contributed by atoms with Crippen molar-refractivity contribution >= 4 is 0 Å². The molecule has 0 amide bonds. The highest BCUT2D eigenvalue weighted by Crippen LogP contribution is 2.19. The maximum absolute atomic E-state index is 4.00. The molecule has 0 radical (unpaired) electrons. The van der Waals surface area contributed by atoms with Crippen LogP contribution in [0.25, 0.3) is 0 Å². The first-order valence-corrected chi connectivity index (χ1v) is 4.70. The van der Waals surface area contributed by atoms with E-state index in [9.17, 15) is 0 Å². The van der Waals surface area contributed by atoms with Gasteiger partial charge in [0.2, 0.25) is 0 Å². The summed E-state index contributed by atoms with van der Waals surface area (Å²) < 4.78 is 1.86. The van der Waals surface area contributed by atoms with Crippen molar-refractivity contribution in [3.63, 3.8) is 0 Å². The van der Waals surface area contributed by atoms with Gasteiger partial charge in [0.15, 0.2) is 0 Å². The van der Waals surface area contributed by atoms with Crippen molar-refractivity contribution in [3.8, 4) is 0 Å². The van der Waals surface area contributed by atoms with Crippen molar-refractivity contribution in [1.82, 2.24) is 15.0 Å². The normalized spacial score (nSPS) is 12.7. The summed E-state index contributed by atoms with van der Waals surface area (Å²) in [5, 5.41) is 7.81. The van der Waals surface area contributed by atoms with Crippen LogP contribution in [-0.4, -0.2) is 15.0 Å². The molecule has 2 rings (SSSR count). The van der Waals surface area contributed by atoms with Crippen molar-refractivity contribution in [1.29, 1.82) is 0 Å². The van der Waals surface area contributed by atoms with Crippen LogP contribution in [0.4, 0.5) is 0 Å². The zero-order valence-corrected chi connectivity index (χ0v) is 8.38. The number of hydrogen-bond donors (Lipinski definition) is 0. The van der Waals surface area contributed by atoms with Crippen LogP contribution in [0, 0.1) is 6.92 Å². The Kier molecular flexibility index (Phi) is 2.31. The molecule has 3 nitrogen and oxygen atoms in total. The van der Waals surface area contributed by atoms with Crippen molar-refractivity contribution in [2.75, 3.05) is 0 Å². The minimum absolute atomic E-state index is 0.249. The average Bonchev–Trinajstić information content (AvgIpc) is 2.70. The molecule has 0 N–H and O–H groups in total. The van der Waals surface area contributed by atoms with Crippen molar-refractivity contribution in [2.24, 2.45) is 0 Å². The first-order valence-electron chi connectivity index (χ1n) is 4.70. The van der Waals surface area contributed by atoms with Gasteiger partial charge in [-0.05, 0) is 25.0 Å². The minimum atomic E-state index is 0.249. The molecule has 2 aromatic rings. The van der Waals surface area contributed by atoms with E-state index < -0.39 is 0 Å². The second kappa shape index (κ2) is 3.62. The summed E-state index contributed by atoms with van der Waals surface area (Å²) in [6.07, 6.45) is 3.59. The molecule has 0 spiro atoms. The standard InChI is InChI=1S/C11H13N3/c1-9-5-3-4-6-11(9)10(2)14-8-7-12-13-14/h3-8,10H,1-2H3. The third-order valence-electron chi connectivity index (χ3n) is 2.48. The third-order valence-corrected chi connectivity index (χ3v) is 2.48. The number of hydrogen-bond acceptors (Lipinski definition) is 2. The average molecular weight is 187 g/mol. The molecule has 0 saturated carbocycles. The van der Waals surface area contributed by atoms with Gasteiger partial charge in [-0.3, -0.25) is 0 Å². The van der Waals surface area contributed by atoms with Gasteiger partial charge in [-0.15, -0.1) is 5.10 Å². The third kappa shape index (κ3) is 1.53. The van der Waals surface area contributed by atoms with E-state index in [1.165, 1.54) is 11.1 Å². The van der Waals surface area contributed by atoms with E-state index in [-0.39, 0.29) is 6.04 Å². The van der Waals surface area contributed by atoms with Gasteiger partial charge >= 0.3 is 0 Å². The molecule has 1 atom stereocenters. The first-order chi connectivity index (χ1) is 6.79. The SMILES string of the molecule is Cc1ccccc1C(C)n1ccnn1. The molecule has 0 aliphatic heterocycles. The van der Waals surface area contributed by atoms with E-state index in [1.807, 2.05) is 16.9 Å². The summed E-state index contributed by atoms with van der Waals surface area (Å²) in [7, 11) is 0. The van der Waals surface area contributed by atoms with Gasteiger partial charge in [-0.1, -0.05) is 29.5 Å². The molecule has 3 heteroatoms. The highest BCUT2D eigenvalue weighted by Gasteiger charge is 2.09. The zero-order chi connectivity index (χ0) is 9.97. The molecule has 0 fully saturated rings. The Labute approximate surface area is 83.4 Å². The summed E-state index contributed by atoms with van der Waals surface area (Å²) in [4.78, 5) is 0. The molecule has 1 unspecified atom stereocenters. The quantitative estimate of drug-likeness (QED) is 0.721. The highest BCUT2D eigenvalue weighted by molar-refractivity contribution is 5.28. The Bertz CT molecular complexity index is 406. The summed E-state index contributed by atoms with van der Waals surface area (Å²) >= 11 is 0. The lowest BCUT2D eigenvalue weighted by molar-refractivity contribution is 0.541. The van der Waals surface area contributed by atoms with Gasteiger partial charge < -0.3 is 0 Å². The predicted molar refractivity (Wildman–Crippen MR) is 55.0 cm³/mol. The Morgan fingerprint density at radius 3 is 2.71 bits per heavy atom. The lowest BCUT2D eigenvalue weighted by atomic mass is 10.0. The van der Waals surface area contributed by atoms with E-state index >= 15 is 0 Å². The van der Waals surface area contributed by atoms with E-state index in [2.05, 4.69) is 42.4 Å². The maximum Gasteiger partial charge on any atom is 0.0760 e. The fourth-order valence-corrected chi connectivity index (χ4v) is 1.62. The molecular weight excluding hydrogens is 174 g/mol. The summed E-state index contributed by atoms with van der Waals surface area (Å²) in [6, 6.07) is 8.59. The van der Waals surface area contributed by atoms with Crippen LogP contribution in [0.5, 0.6) is 0 Å². The second-order valence-electron chi connectivity index (χ2n) is 3.42. The van der Waals surface area contributed by atoms with Crippen molar-refractivity contribution in [2.45, 2.75) is 19.9 Å². The molecule has 14 heavy (non-hydrogen) atoms. The lowest BCUT2D eigenvalue weighted by Crippen LogP contribution is -2.08. The monoisotopic (exact) mass is 187 g/mol. The number of benzene rings is 1. The van der Waals surface area contributed by atoms with Gasteiger partial charge in [-0.2, -0.15) is 0 Å². The number of aromatic nitrogens is 3. The Balaban J connectivity index is 2.37. The van der Waals surface area contributed by atoms with Crippen molar-refractivity contribution in [3.05, 3.63) is 47.8 Å². The van der Waals surface area contributed by atoms with Crippen LogP contribution < -0.4 is 0 Å². The fourth-order valence-electron chi connectivity index (χ4n) is 1.62. The van der Waals surface area contributed by atoms with Gasteiger partial charge in [0.1, 0.15) is 0 Å². The van der Waals surface area contributed by atoms with Crippen LogP contribution in [0.2, 0.25) is 0 Å². The first kappa shape index (κ1) is 8.94. The molecule has 0 saturated heterocycles. The Morgan fingerprint density at radius 1 is 1.29 bits per heavy atom. The van der Waals surface area contributed by atoms with E-state index in [1.54, 1.807) is 6.20 Å². The van der Waals surface area contributed by atoms with Crippen LogP contribution in [-0.2, 0) is 0 Å². The molecular formula is C11H13N3. The van der Waals surface area contributed by atoms with Crippen LogP contribution >= 0.6 is 0 Å². The van der Waals surface area contributed by atoms with Gasteiger partial charge in [-0.25, -0.2) is 4.68 Å². The predicted octanol–water partition coefficient (Wildman–Crippen LogP) is 2.20. The van der Waals surface area contributed by atoms with Crippen LogP contribution in [0.3, 0.4) is 0 Å². The Morgan fingerprint density at radius 2 is 2.07 bits per heavy atom. The van der Waals surface area contributed by atoms with Gasteiger partial charge in [0, 0.05) is 6.20 Å².